The Labute approximate surface area is 214 Å². The molecule has 2 fully saturated rings. The van der Waals surface area contributed by atoms with E-state index in [1.807, 2.05) is 4.90 Å². The molecule has 1 amide bonds. The van der Waals surface area contributed by atoms with E-state index in [9.17, 15) is 26.4 Å². The molecule has 37 heavy (non-hydrogen) atoms. The van der Waals surface area contributed by atoms with Crippen LogP contribution in [0.5, 0.6) is 0 Å². The van der Waals surface area contributed by atoms with Crippen LogP contribution in [0.2, 0.25) is 0 Å². The summed E-state index contributed by atoms with van der Waals surface area (Å²) in [6, 6.07) is 5.01. The van der Waals surface area contributed by atoms with Gasteiger partial charge in [0.1, 0.15) is 0 Å². The molecule has 4 rings (SSSR count). The number of piperazine rings is 2. The third-order valence-electron chi connectivity index (χ3n) is 6.68. The van der Waals surface area contributed by atoms with Crippen LogP contribution in [0.15, 0.2) is 30.5 Å². The molecule has 0 radical (unpaired) electrons. The number of carbonyl (C=O) groups is 1. The monoisotopic (exact) mass is 543 g/mol. The summed E-state index contributed by atoms with van der Waals surface area (Å²) in [5, 5.41) is 3.98. The number of amides is 1. The standard InChI is InChI=1S/C23H32F3N7O3S/c1-3-29-8-12-31(13-9-29)20-16-19(23(24,25)26)5-4-18(20)17-30-10-14-32(15-11-30)22(34)33-7-6-21(27-33)28-37(2,35)36/h4-7,16H,3,8-15,17H2,1-2H3,(H,27,28). The molecule has 1 N–H and O–H groups in total. The van der Waals surface area contributed by atoms with E-state index in [1.165, 1.54) is 18.3 Å². The molecular formula is C23H32F3N7O3S. The number of carbonyl (C=O) groups excluding carboxylic acids is 1. The van der Waals surface area contributed by atoms with Crippen LogP contribution in [-0.2, 0) is 22.7 Å². The number of halogens is 3. The Bertz CT molecular complexity index is 1200. The van der Waals surface area contributed by atoms with E-state index in [0.29, 0.717) is 51.5 Å². The van der Waals surface area contributed by atoms with Crippen molar-refractivity contribution in [3.8, 4) is 0 Å². The number of sulfonamides is 1. The van der Waals surface area contributed by atoms with E-state index in [0.717, 1.165) is 42.2 Å². The fraction of sp³-hybridized carbons (Fsp3) is 0.565. The summed E-state index contributed by atoms with van der Waals surface area (Å²) in [6.45, 7) is 8.36. The van der Waals surface area contributed by atoms with E-state index in [4.69, 9.17) is 0 Å². The molecule has 2 saturated heterocycles. The van der Waals surface area contributed by atoms with Gasteiger partial charge < -0.3 is 14.7 Å². The zero-order valence-electron chi connectivity index (χ0n) is 20.9. The first-order valence-electron chi connectivity index (χ1n) is 12.2. The van der Waals surface area contributed by atoms with E-state index < -0.39 is 21.8 Å². The number of alkyl halides is 3. The third-order valence-corrected chi connectivity index (χ3v) is 7.26. The third kappa shape index (κ3) is 6.93. The van der Waals surface area contributed by atoms with E-state index in [-0.39, 0.29) is 11.8 Å². The second-order valence-electron chi connectivity index (χ2n) is 9.33. The molecule has 204 valence electrons. The minimum absolute atomic E-state index is 0.0593. The van der Waals surface area contributed by atoms with Gasteiger partial charge in [0.15, 0.2) is 5.82 Å². The number of hydrogen-bond acceptors (Lipinski definition) is 7. The number of hydrogen-bond donors (Lipinski definition) is 1. The summed E-state index contributed by atoms with van der Waals surface area (Å²) >= 11 is 0. The number of rotatable bonds is 6. The van der Waals surface area contributed by atoms with E-state index in [1.54, 1.807) is 11.0 Å². The highest BCUT2D eigenvalue weighted by molar-refractivity contribution is 7.92. The Morgan fingerprint density at radius 2 is 1.65 bits per heavy atom. The molecule has 1 aromatic heterocycles. The minimum Gasteiger partial charge on any atom is -0.369 e. The predicted molar refractivity (Wildman–Crippen MR) is 134 cm³/mol. The van der Waals surface area contributed by atoms with Crippen molar-refractivity contribution < 1.29 is 26.4 Å². The van der Waals surface area contributed by atoms with E-state index >= 15 is 0 Å². The topological polar surface area (TPSA) is 94.0 Å². The average Bonchev–Trinajstić information content (AvgIpc) is 3.30. The summed E-state index contributed by atoms with van der Waals surface area (Å²) in [5.74, 6) is 0.0593. The fourth-order valence-corrected chi connectivity index (χ4v) is 5.12. The summed E-state index contributed by atoms with van der Waals surface area (Å²) in [6.07, 6.45) is -2.01. The molecule has 0 aliphatic carbocycles. The average molecular weight is 544 g/mol. The second kappa shape index (κ2) is 10.9. The largest absolute Gasteiger partial charge is 0.416 e. The van der Waals surface area contributed by atoms with Gasteiger partial charge in [-0.25, -0.2) is 13.2 Å². The molecule has 3 heterocycles. The van der Waals surface area contributed by atoms with Gasteiger partial charge >= 0.3 is 12.2 Å². The lowest BCUT2D eigenvalue weighted by atomic mass is 10.1. The molecule has 0 saturated carbocycles. The smallest absolute Gasteiger partial charge is 0.369 e. The van der Waals surface area contributed by atoms with E-state index in [2.05, 4.69) is 26.5 Å². The molecule has 10 nitrogen and oxygen atoms in total. The summed E-state index contributed by atoms with van der Waals surface area (Å²) in [4.78, 5) is 20.9. The molecule has 0 spiro atoms. The summed E-state index contributed by atoms with van der Waals surface area (Å²) in [5.41, 5.74) is 0.802. The first kappa shape index (κ1) is 27.2. The Balaban J connectivity index is 1.41. The second-order valence-corrected chi connectivity index (χ2v) is 11.1. The SMILES string of the molecule is CCN1CCN(c2cc(C(F)(F)F)ccc2CN2CCN(C(=O)n3ccc(NS(C)(=O)=O)n3)CC2)CC1. The molecule has 1 aromatic carbocycles. The first-order valence-corrected chi connectivity index (χ1v) is 14.0. The lowest BCUT2D eigenvalue weighted by Crippen LogP contribution is -2.50. The van der Waals surface area contributed by atoms with Gasteiger partial charge in [-0.05, 0) is 24.2 Å². The normalized spacial score (nSPS) is 18.3. The highest BCUT2D eigenvalue weighted by Gasteiger charge is 2.32. The van der Waals surface area contributed by atoms with Crippen LogP contribution in [0.25, 0.3) is 0 Å². The van der Waals surface area contributed by atoms with Crippen molar-refractivity contribution in [2.75, 3.05) is 74.8 Å². The zero-order valence-corrected chi connectivity index (χ0v) is 21.7. The van der Waals surface area contributed by atoms with Crippen molar-refractivity contribution in [2.45, 2.75) is 19.6 Å². The lowest BCUT2D eigenvalue weighted by Gasteiger charge is -2.38. The molecule has 0 unspecified atom stereocenters. The van der Waals surface area contributed by atoms with Crippen molar-refractivity contribution in [1.29, 1.82) is 0 Å². The number of likely N-dealkylation sites (N-methyl/N-ethyl adjacent to an activating group) is 1. The van der Waals surface area contributed by atoms with Crippen LogP contribution in [0, 0.1) is 0 Å². The van der Waals surface area contributed by atoms with Gasteiger partial charge in [0.2, 0.25) is 10.0 Å². The van der Waals surface area contributed by atoms with Gasteiger partial charge in [-0.3, -0.25) is 9.62 Å². The zero-order chi connectivity index (χ0) is 26.8. The number of benzene rings is 1. The highest BCUT2D eigenvalue weighted by atomic mass is 32.2. The summed E-state index contributed by atoms with van der Waals surface area (Å²) < 4.78 is 66.5. The maximum atomic E-state index is 13.5. The fourth-order valence-electron chi connectivity index (χ4n) is 4.63. The number of nitrogens with zero attached hydrogens (tertiary/aromatic N) is 6. The Hall–Kier alpha value is -2.84. The van der Waals surface area contributed by atoms with Crippen LogP contribution in [-0.4, -0.2) is 104 Å². The first-order chi connectivity index (χ1) is 17.4. The van der Waals surface area contributed by atoms with Gasteiger partial charge in [0.05, 0.1) is 11.8 Å². The Kier molecular flexibility index (Phi) is 7.99. The Morgan fingerprint density at radius 3 is 2.24 bits per heavy atom. The lowest BCUT2D eigenvalue weighted by molar-refractivity contribution is -0.137. The van der Waals surface area contributed by atoms with Crippen LogP contribution < -0.4 is 9.62 Å². The van der Waals surface area contributed by atoms with Crippen molar-refractivity contribution in [3.63, 3.8) is 0 Å². The van der Waals surface area contributed by atoms with Gasteiger partial charge in [0, 0.05) is 76.9 Å². The van der Waals surface area contributed by atoms with Crippen LogP contribution in [0.3, 0.4) is 0 Å². The van der Waals surface area contributed by atoms with Gasteiger partial charge in [-0.15, -0.1) is 5.10 Å². The molecule has 0 bridgehead atoms. The number of nitrogens with one attached hydrogen (secondary N) is 1. The minimum atomic E-state index is -4.41. The van der Waals surface area contributed by atoms with Crippen molar-refractivity contribution in [3.05, 3.63) is 41.6 Å². The molecule has 2 aliphatic heterocycles. The van der Waals surface area contributed by atoms with Gasteiger partial charge in [-0.1, -0.05) is 13.0 Å². The maximum absolute atomic E-state index is 13.5. The summed E-state index contributed by atoms with van der Waals surface area (Å²) in [7, 11) is -3.50. The number of aromatic nitrogens is 2. The molecule has 2 aromatic rings. The molecule has 14 heteroatoms. The van der Waals surface area contributed by atoms with Crippen LogP contribution in [0.1, 0.15) is 18.1 Å². The van der Waals surface area contributed by atoms with Gasteiger partial charge in [0.25, 0.3) is 0 Å². The predicted octanol–water partition coefficient (Wildman–Crippen LogP) is 2.20. The van der Waals surface area contributed by atoms with Crippen molar-refractivity contribution in [2.24, 2.45) is 0 Å². The quantitative estimate of drug-likeness (QED) is 0.597. The molecule has 0 atom stereocenters. The maximum Gasteiger partial charge on any atom is 0.416 e. The Morgan fingerprint density at radius 1 is 1.00 bits per heavy atom. The highest BCUT2D eigenvalue weighted by Crippen LogP contribution is 2.34. The number of anilines is 2. The van der Waals surface area contributed by atoms with Crippen molar-refractivity contribution in [1.82, 2.24) is 24.5 Å². The van der Waals surface area contributed by atoms with Crippen LogP contribution in [0.4, 0.5) is 29.5 Å². The van der Waals surface area contributed by atoms with Crippen LogP contribution >= 0.6 is 0 Å². The molecule has 2 aliphatic rings. The van der Waals surface area contributed by atoms with Gasteiger partial charge in [-0.2, -0.15) is 17.9 Å². The van der Waals surface area contributed by atoms with Crippen molar-refractivity contribution >= 4 is 27.6 Å². The molecular weight excluding hydrogens is 511 g/mol.